The predicted octanol–water partition coefficient (Wildman–Crippen LogP) is 3.73. The highest BCUT2D eigenvalue weighted by molar-refractivity contribution is 6.05. The van der Waals surface area contributed by atoms with Gasteiger partial charge in [-0.2, -0.15) is 0 Å². The second kappa shape index (κ2) is 7.28. The van der Waals surface area contributed by atoms with Crippen LogP contribution in [0.4, 0.5) is 5.82 Å². The third kappa shape index (κ3) is 3.36. The maximum absolute atomic E-state index is 11.8. The Labute approximate surface area is 165 Å². The quantitative estimate of drug-likeness (QED) is 0.749. The first kappa shape index (κ1) is 18.5. The van der Waals surface area contributed by atoms with E-state index in [4.69, 9.17) is 0 Å². The van der Waals surface area contributed by atoms with Gasteiger partial charge >= 0.3 is 5.97 Å². The Kier molecular flexibility index (Phi) is 4.81. The summed E-state index contributed by atoms with van der Waals surface area (Å²) in [5.74, 6) is 0.0670. The molecule has 1 fully saturated rings. The fraction of sp³-hybridized carbons (Fsp3) is 0.364. The van der Waals surface area contributed by atoms with E-state index in [1.54, 1.807) is 6.07 Å². The average molecular weight is 378 g/mol. The van der Waals surface area contributed by atoms with Crippen LogP contribution >= 0.6 is 0 Å². The van der Waals surface area contributed by atoms with Crippen LogP contribution in [0.2, 0.25) is 0 Å². The van der Waals surface area contributed by atoms with E-state index in [0.717, 1.165) is 54.0 Å². The minimum Gasteiger partial charge on any atom is -0.478 e. The Morgan fingerprint density at radius 1 is 1.07 bits per heavy atom. The van der Waals surface area contributed by atoms with E-state index in [-0.39, 0.29) is 6.04 Å². The number of pyridine rings is 1. The molecule has 1 aliphatic heterocycles. The number of aromatic nitrogens is 2. The molecule has 3 aromatic rings. The Bertz CT molecular complexity index is 999. The first-order valence-electron chi connectivity index (χ1n) is 9.72. The summed E-state index contributed by atoms with van der Waals surface area (Å²) in [6.45, 7) is 8.21. The number of carboxylic acids is 1. The van der Waals surface area contributed by atoms with Gasteiger partial charge in [0.15, 0.2) is 0 Å². The minimum absolute atomic E-state index is 0.257. The molecule has 0 saturated carbocycles. The number of rotatable bonds is 4. The fourth-order valence-corrected chi connectivity index (χ4v) is 3.84. The molecule has 1 aliphatic rings. The van der Waals surface area contributed by atoms with Crippen molar-refractivity contribution < 1.29 is 9.90 Å². The summed E-state index contributed by atoms with van der Waals surface area (Å²) in [6, 6.07) is 10.0. The largest absolute Gasteiger partial charge is 0.478 e. The molecule has 4 rings (SSSR count). The van der Waals surface area contributed by atoms with Crippen molar-refractivity contribution in [3.63, 3.8) is 0 Å². The Hall–Kier alpha value is -2.86. The molecule has 0 spiro atoms. The van der Waals surface area contributed by atoms with Crippen molar-refractivity contribution >= 4 is 22.7 Å². The van der Waals surface area contributed by atoms with Gasteiger partial charge in [-0.1, -0.05) is 0 Å². The number of carbonyl (C=O) groups is 1. The molecular formula is C22H26N4O2. The van der Waals surface area contributed by atoms with E-state index in [0.29, 0.717) is 5.56 Å². The van der Waals surface area contributed by atoms with Crippen molar-refractivity contribution in [1.29, 1.82) is 0 Å². The van der Waals surface area contributed by atoms with Gasteiger partial charge in [0, 0.05) is 61.1 Å². The molecule has 1 saturated heterocycles. The van der Waals surface area contributed by atoms with Gasteiger partial charge in [-0.25, -0.2) is 9.78 Å². The van der Waals surface area contributed by atoms with Crippen molar-refractivity contribution in [2.45, 2.75) is 19.9 Å². The van der Waals surface area contributed by atoms with E-state index in [9.17, 15) is 9.90 Å². The van der Waals surface area contributed by atoms with Crippen LogP contribution in [0.3, 0.4) is 0 Å². The van der Waals surface area contributed by atoms with Gasteiger partial charge in [-0.15, -0.1) is 0 Å². The van der Waals surface area contributed by atoms with Gasteiger partial charge in [0.05, 0.1) is 5.56 Å². The maximum atomic E-state index is 11.8. The van der Waals surface area contributed by atoms with Gasteiger partial charge in [-0.3, -0.25) is 0 Å². The van der Waals surface area contributed by atoms with Crippen LogP contribution in [0, 0.1) is 0 Å². The molecule has 6 nitrogen and oxygen atoms in total. The molecular weight excluding hydrogens is 352 g/mol. The molecule has 0 unspecified atom stereocenters. The second-order valence-electron chi connectivity index (χ2n) is 7.77. The summed E-state index contributed by atoms with van der Waals surface area (Å²) in [5, 5.41) is 10.5. The fourth-order valence-electron chi connectivity index (χ4n) is 3.84. The number of benzene rings is 1. The lowest BCUT2D eigenvalue weighted by atomic mass is 10.0. The molecule has 0 atom stereocenters. The van der Waals surface area contributed by atoms with E-state index >= 15 is 0 Å². The SMILES string of the molecule is CC(C)n1ccc2c(C(=O)O)cc(-c3ccc(N4CCN(C)CC4)nc3)cc21. The minimum atomic E-state index is -0.907. The van der Waals surface area contributed by atoms with Gasteiger partial charge in [0.1, 0.15) is 5.82 Å². The zero-order valence-corrected chi connectivity index (χ0v) is 16.6. The van der Waals surface area contributed by atoms with Crippen LogP contribution < -0.4 is 4.90 Å². The molecule has 1 aromatic carbocycles. The summed E-state index contributed by atoms with van der Waals surface area (Å²) in [7, 11) is 2.14. The summed E-state index contributed by atoms with van der Waals surface area (Å²) < 4.78 is 2.11. The van der Waals surface area contributed by atoms with Crippen LogP contribution in [0.5, 0.6) is 0 Å². The number of fused-ring (bicyclic) bond motifs is 1. The highest BCUT2D eigenvalue weighted by Gasteiger charge is 2.17. The summed E-state index contributed by atoms with van der Waals surface area (Å²) in [4.78, 5) is 21.1. The lowest BCUT2D eigenvalue weighted by Crippen LogP contribution is -2.44. The van der Waals surface area contributed by atoms with E-state index in [1.165, 1.54) is 0 Å². The third-order valence-electron chi connectivity index (χ3n) is 5.53. The van der Waals surface area contributed by atoms with Crippen LogP contribution in [0.25, 0.3) is 22.0 Å². The summed E-state index contributed by atoms with van der Waals surface area (Å²) in [5.41, 5.74) is 3.07. The van der Waals surface area contributed by atoms with Crippen LogP contribution in [0.15, 0.2) is 42.7 Å². The number of hydrogen-bond acceptors (Lipinski definition) is 4. The number of nitrogens with zero attached hydrogens (tertiary/aromatic N) is 4. The van der Waals surface area contributed by atoms with E-state index < -0.39 is 5.97 Å². The molecule has 3 heterocycles. The Morgan fingerprint density at radius 3 is 2.43 bits per heavy atom. The highest BCUT2D eigenvalue weighted by atomic mass is 16.4. The monoisotopic (exact) mass is 378 g/mol. The molecule has 0 radical (unpaired) electrons. The summed E-state index contributed by atoms with van der Waals surface area (Å²) >= 11 is 0. The zero-order chi connectivity index (χ0) is 19.8. The van der Waals surface area contributed by atoms with Gasteiger partial charge in [-0.05, 0) is 56.8 Å². The molecule has 2 aromatic heterocycles. The molecule has 0 amide bonds. The smallest absolute Gasteiger partial charge is 0.336 e. The lowest BCUT2D eigenvalue weighted by molar-refractivity contribution is 0.0699. The second-order valence-corrected chi connectivity index (χ2v) is 7.77. The first-order valence-corrected chi connectivity index (χ1v) is 9.72. The van der Waals surface area contributed by atoms with Crippen LogP contribution in [0.1, 0.15) is 30.2 Å². The molecule has 0 aliphatic carbocycles. The number of carboxylic acid groups (broad SMARTS) is 1. The van der Waals surface area contributed by atoms with Crippen LogP contribution in [-0.4, -0.2) is 58.8 Å². The van der Waals surface area contributed by atoms with Gasteiger partial charge in [0.2, 0.25) is 0 Å². The van der Waals surface area contributed by atoms with E-state index in [2.05, 4.69) is 46.3 Å². The van der Waals surface area contributed by atoms with Crippen molar-refractivity contribution in [2.75, 3.05) is 38.1 Å². The van der Waals surface area contributed by atoms with Gasteiger partial charge < -0.3 is 19.5 Å². The summed E-state index contributed by atoms with van der Waals surface area (Å²) in [6.07, 6.45) is 3.81. The topological polar surface area (TPSA) is 61.6 Å². The molecule has 28 heavy (non-hydrogen) atoms. The molecule has 0 bridgehead atoms. The predicted molar refractivity (Wildman–Crippen MR) is 112 cm³/mol. The molecule has 6 heteroatoms. The standard InChI is InChI=1S/C22H26N4O2/c1-15(2)26-7-6-18-19(22(27)28)12-17(13-20(18)26)16-4-5-21(23-14-16)25-10-8-24(3)9-11-25/h4-7,12-15H,8-11H2,1-3H3,(H,27,28). The number of piperazine rings is 1. The third-order valence-corrected chi connectivity index (χ3v) is 5.53. The maximum Gasteiger partial charge on any atom is 0.336 e. The molecule has 1 N–H and O–H groups in total. The van der Waals surface area contributed by atoms with Gasteiger partial charge in [0.25, 0.3) is 0 Å². The highest BCUT2D eigenvalue weighted by Crippen LogP contribution is 2.31. The lowest BCUT2D eigenvalue weighted by Gasteiger charge is -2.33. The zero-order valence-electron chi connectivity index (χ0n) is 16.6. The van der Waals surface area contributed by atoms with Crippen molar-refractivity contribution in [3.05, 3.63) is 48.3 Å². The number of aromatic carboxylic acids is 1. The normalized spacial score (nSPS) is 15.5. The van der Waals surface area contributed by atoms with Crippen molar-refractivity contribution in [2.24, 2.45) is 0 Å². The number of likely N-dealkylation sites (N-methyl/N-ethyl adjacent to an activating group) is 1. The average Bonchev–Trinajstić information content (AvgIpc) is 3.12. The van der Waals surface area contributed by atoms with E-state index in [1.807, 2.05) is 30.6 Å². The molecule has 146 valence electrons. The van der Waals surface area contributed by atoms with Crippen molar-refractivity contribution in [3.8, 4) is 11.1 Å². The van der Waals surface area contributed by atoms with Crippen LogP contribution in [-0.2, 0) is 0 Å². The Morgan fingerprint density at radius 2 is 1.82 bits per heavy atom. The first-order chi connectivity index (χ1) is 13.4. The number of hydrogen-bond donors (Lipinski definition) is 1. The number of anilines is 1. The van der Waals surface area contributed by atoms with Crippen molar-refractivity contribution in [1.82, 2.24) is 14.5 Å². The Balaban J connectivity index is 1.72.